The summed E-state index contributed by atoms with van der Waals surface area (Å²) in [5, 5.41) is 2.17. The van der Waals surface area contributed by atoms with Crippen molar-refractivity contribution in [3.8, 4) is 0 Å². The fourth-order valence-electron chi connectivity index (χ4n) is 3.07. The van der Waals surface area contributed by atoms with Gasteiger partial charge in [0.1, 0.15) is 0 Å². The van der Waals surface area contributed by atoms with E-state index in [-0.39, 0.29) is 12.0 Å². The van der Waals surface area contributed by atoms with Gasteiger partial charge in [0.15, 0.2) is 0 Å². The molecule has 1 aliphatic heterocycles. The first-order chi connectivity index (χ1) is 12.0. The molecule has 2 rings (SSSR count). The number of ether oxygens (including phenoxy) is 1. The van der Waals surface area contributed by atoms with E-state index in [0.29, 0.717) is 12.5 Å². The summed E-state index contributed by atoms with van der Waals surface area (Å²) in [6.07, 6.45) is 2.92. The van der Waals surface area contributed by atoms with Crippen LogP contribution in [0.25, 0.3) is 0 Å². The normalized spacial score (nSPS) is 17.5. The molecule has 0 aromatic heterocycles. The number of nitrogens with zero attached hydrogens (tertiary/aromatic N) is 1. The van der Waals surface area contributed by atoms with Gasteiger partial charge < -0.3 is 9.75 Å². The van der Waals surface area contributed by atoms with Gasteiger partial charge >= 0.3 is 5.97 Å². The first-order valence-corrected chi connectivity index (χ1v) is 9.95. The Hall–Kier alpha value is -1.33. The minimum Gasteiger partial charge on any atom is -0.463 e. The van der Waals surface area contributed by atoms with E-state index in [1.54, 1.807) is 0 Å². The molecule has 5 heteroatoms. The molecule has 0 fully saturated rings. The van der Waals surface area contributed by atoms with Gasteiger partial charge in [-0.25, -0.2) is 10.2 Å². The molecule has 1 aliphatic rings. The van der Waals surface area contributed by atoms with Gasteiger partial charge in [-0.3, -0.25) is 0 Å². The lowest BCUT2D eigenvalue weighted by molar-refractivity contribution is -0.138. The molecule has 1 N–H and O–H groups in total. The van der Waals surface area contributed by atoms with Crippen LogP contribution in [0, 0.1) is 5.92 Å². The number of hydrazine groups is 1. The van der Waals surface area contributed by atoms with E-state index in [0.717, 1.165) is 41.6 Å². The van der Waals surface area contributed by atoms with Crippen molar-refractivity contribution in [2.75, 3.05) is 13.2 Å². The first kappa shape index (κ1) is 20.0. The Labute approximate surface area is 159 Å². The molecule has 0 aliphatic carbocycles. The number of esters is 1. The predicted molar refractivity (Wildman–Crippen MR) is 105 cm³/mol. The molecule has 0 saturated carbocycles. The summed E-state index contributed by atoms with van der Waals surface area (Å²) < 4.78 is 6.43. The molecule has 0 saturated heterocycles. The third-order valence-corrected chi connectivity index (χ3v) is 4.95. The van der Waals surface area contributed by atoms with Crippen LogP contribution in [-0.2, 0) is 16.0 Å². The average molecular weight is 409 g/mol. The Morgan fingerprint density at radius 3 is 2.52 bits per heavy atom. The molecule has 0 amide bonds. The smallest absolute Gasteiger partial charge is 0.337 e. The minimum absolute atomic E-state index is 0.00125. The van der Waals surface area contributed by atoms with Gasteiger partial charge in [-0.1, -0.05) is 55.3 Å². The summed E-state index contributed by atoms with van der Waals surface area (Å²) in [6.45, 7) is 9.60. The maximum Gasteiger partial charge on any atom is 0.337 e. The number of nitrogens with one attached hydrogen (secondary N) is 1. The number of hydrogen-bond acceptors (Lipinski definition) is 4. The molecule has 1 aromatic rings. The fourth-order valence-corrected chi connectivity index (χ4v) is 3.34. The summed E-state index contributed by atoms with van der Waals surface area (Å²) in [5.41, 5.74) is 6.57. The second-order valence-corrected chi connectivity index (χ2v) is 7.66. The molecule has 1 heterocycles. The lowest BCUT2D eigenvalue weighted by Crippen LogP contribution is -2.41. The molecule has 138 valence electrons. The molecule has 0 spiro atoms. The van der Waals surface area contributed by atoms with Crippen molar-refractivity contribution in [1.29, 1.82) is 0 Å². The first-order valence-electron chi connectivity index (χ1n) is 9.16. The lowest BCUT2D eigenvalue weighted by atomic mass is 9.94. The van der Waals surface area contributed by atoms with E-state index in [9.17, 15) is 4.79 Å². The molecule has 1 aromatic carbocycles. The van der Waals surface area contributed by atoms with Crippen molar-refractivity contribution < 1.29 is 9.53 Å². The van der Waals surface area contributed by atoms with Gasteiger partial charge in [0.25, 0.3) is 0 Å². The largest absolute Gasteiger partial charge is 0.463 e. The number of benzene rings is 1. The number of halogens is 1. The van der Waals surface area contributed by atoms with Crippen molar-refractivity contribution >= 4 is 21.9 Å². The van der Waals surface area contributed by atoms with Crippen molar-refractivity contribution in [3.63, 3.8) is 0 Å². The fraction of sp³-hybridized carbons (Fsp3) is 0.550. The summed E-state index contributed by atoms with van der Waals surface area (Å²) in [5.74, 6) is 0.116. The van der Waals surface area contributed by atoms with Crippen LogP contribution in [0.15, 0.2) is 40.0 Å². The molecule has 1 atom stereocenters. The Bertz CT molecular complexity index is 611. The van der Waals surface area contributed by atoms with Gasteiger partial charge in [0.2, 0.25) is 0 Å². The highest BCUT2D eigenvalue weighted by atomic mass is 79.9. The zero-order valence-corrected chi connectivity index (χ0v) is 17.2. The van der Waals surface area contributed by atoms with Crippen molar-refractivity contribution in [3.05, 3.63) is 45.6 Å². The standard InChI is InChI=1S/C20H29BrN2O2/c1-5-7-12-23-17(13-15-8-10-16(21)11-9-15)18(20(24)25-6-2)19(22-23)14(3)4/h8-11,14,19,22H,5-7,12-13H2,1-4H3. The highest BCUT2D eigenvalue weighted by molar-refractivity contribution is 9.10. The topological polar surface area (TPSA) is 41.6 Å². The minimum atomic E-state index is -0.195. The van der Waals surface area contributed by atoms with Crippen LogP contribution in [0.3, 0.4) is 0 Å². The average Bonchev–Trinajstić information content (AvgIpc) is 2.94. The zero-order valence-electron chi connectivity index (χ0n) is 15.6. The Balaban J connectivity index is 2.39. The molecule has 25 heavy (non-hydrogen) atoms. The van der Waals surface area contributed by atoms with Crippen LogP contribution in [0.2, 0.25) is 0 Å². The van der Waals surface area contributed by atoms with E-state index in [1.807, 2.05) is 19.1 Å². The van der Waals surface area contributed by atoms with E-state index in [2.05, 4.69) is 59.3 Å². The summed E-state index contributed by atoms with van der Waals surface area (Å²) >= 11 is 3.48. The summed E-state index contributed by atoms with van der Waals surface area (Å²) in [7, 11) is 0. The molecule has 0 radical (unpaired) electrons. The van der Waals surface area contributed by atoms with Gasteiger partial charge in [-0.2, -0.15) is 0 Å². The Morgan fingerprint density at radius 1 is 1.28 bits per heavy atom. The maximum absolute atomic E-state index is 12.7. The monoisotopic (exact) mass is 408 g/mol. The van der Waals surface area contributed by atoms with Crippen LogP contribution in [0.1, 0.15) is 46.1 Å². The van der Waals surface area contributed by atoms with E-state index >= 15 is 0 Å². The van der Waals surface area contributed by atoms with Crippen LogP contribution < -0.4 is 5.43 Å². The number of unbranched alkanes of at least 4 members (excludes halogenated alkanes) is 1. The highest BCUT2D eigenvalue weighted by Gasteiger charge is 2.37. The van der Waals surface area contributed by atoms with E-state index in [4.69, 9.17) is 4.74 Å². The summed E-state index contributed by atoms with van der Waals surface area (Å²) in [4.78, 5) is 12.7. The number of rotatable bonds is 8. The predicted octanol–water partition coefficient (Wildman–Crippen LogP) is 4.45. The number of carbonyl (C=O) groups excluding carboxylic acids is 1. The zero-order chi connectivity index (χ0) is 18.4. The molecular weight excluding hydrogens is 380 g/mol. The lowest BCUT2D eigenvalue weighted by Gasteiger charge is -2.25. The van der Waals surface area contributed by atoms with Crippen molar-refractivity contribution in [1.82, 2.24) is 10.4 Å². The highest BCUT2D eigenvalue weighted by Crippen LogP contribution is 2.29. The number of allylic oxidation sites excluding steroid dienone is 1. The van der Waals surface area contributed by atoms with Gasteiger partial charge in [-0.05, 0) is 37.0 Å². The molecule has 1 unspecified atom stereocenters. The van der Waals surface area contributed by atoms with Crippen molar-refractivity contribution in [2.45, 2.75) is 53.0 Å². The van der Waals surface area contributed by atoms with Crippen molar-refractivity contribution in [2.24, 2.45) is 5.92 Å². The van der Waals surface area contributed by atoms with Crippen LogP contribution in [-0.4, -0.2) is 30.2 Å². The third-order valence-electron chi connectivity index (χ3n) is 4.42. The second kappa shape index (κ2) is 9.39. The van der Waals surface area contributed by atoms with Crippen LogP contribution >= 0.6 is 15.9 Å². The maximum atomic E-state index is 12.7. The van der Waals surface area contributed by atoms with Crippen LogP contribution in [0.5, 0.6) is 0 Å². The molecule has 4 nitrogen and oxygen atoms in total. The second-order valence-electron chi connectivity index (χ2n) is 6.74. The Morgan fingerprint density at radius 2 is 1.96 bits per heavy atom. The van der Waals surface area contributed by atoms with Gasteiger partial charge in [0.05, 0.1) is 18.2 Å². The van der Waals surface area contributed by atoms with Gasteiger partial charge in [-0.15, -0.1) is 0 Å². The Kier molecular flexibility index (Phi) is 7.51. The third kappa shape index (κ3) is 5.08. The molecule has 0 bridgehead atoms. The van der Waals surface area contributed by atoms with E-state index < -0.39 is 0 Å². The number of hydrogen-bond donors (Lipinski definition) is 1. The summed E-state index contributed by atoms with van der Waals surface area (Å²) in [6, 6.07) is 8.28. The SMILES string of the molecule is CCCCN1NC(C(C)C)C(C(=O)OCC)=C1Cc1ccc(Br)cc1. The van der Waals surface area contributed by atoms with Gasteiger partial charge in [0, 0.05) is 23.1 Å². The van der Waals surface area contributed by atoms with E-state index in [1.165, 1.54) is 5.56 Å². The van der Waals surface area contributed by atoms with Crippen LogP contribution in [0.4, 0.5) is 0 Å². The quantitative estimate of drug-likeness (QED) is 0.644. The molecular formula is C20H29BrN2O2. The number of carbonyl (C=O) groups is 1.